The largest absolute Gasteiger partial charge is 0.497 e. The molecule has 0 spiro atoms. The molecular formula is C17H28N2O2. The smallest absolute Gasteiger partial charge is 0.120 e. The maximum Gasteiger partial charge on any atom is 0.120 e. The Bertz CT molecular complexity index is 450. The van der Waals surface area contributed by atoms with Gasteiger partial charge in [0.25, 0.3) is 0 Å². The third-order valence-electron chi connectivity index (χ3n) is 4.49. The molecule has 21 heavy (non-hydrogen) atoms. The van der Waals surface area contributed by atoms with Crippen molar-refractivity contribution < 1.29 is 9.84 Å². The van der Waals surface area contributed by atoms with Crippen molar-refractivity contribution in [1.29, 1.82) is 0 Å². The summed E-state index contributed by atoms with van der Waals surface area (Å²) >= 11 is 0. The van der Waals surface area contributed by atoms with Gasteiger partial charge in [-0.1, -0.05) is 6.07 Å². The van der Waals surface area contributed by atoms with E-state index < -0.39 is 0 Å². The number of hydrogen-bond acceptors (Lipinski definition) is 4. The first kappa shape index (κ1) is 16.1. The van der Waals surface area contributed by atoms with Crippen LogP contribution < -0.4 is 10.1 Å². The Morgan fingerprint density at radius 2 is 2.14 bits per heavy atom. The van der Waals surface area contributed by atoms with Crippen LogP contribution >= 0.6 is 0 Å². The van der Waals surface area contributed by atoms with E-state index in [1.165, 1.54) is 0 Å². The summed E-state index contributed by atoms with van der Waals surface area (Å²) in [5.41, 5.74) is 0.789. The molecule has 2 N–H and O–H groups in total. The zero-order chi connectivity index (χ0) is 15.3. The Balaban J connectivity index is 2.10. The molecule has 4 heteroatoms. The lowest BCUT2D eigenvalue weighted by molar-refractivity contribution is 0.186. The van der Waals surface area contributed by atoms with Gasteiger partial charge in [0, 0.05) is 24.3 Å². The van der Waals surface area contributed by atoms with Crippen LogP contribution in [0, 0.1) is 0 Å². The fraction of sp³-hybridized carbons (Fsp3) is 0.647. The molecule has 1 heterocycles. The van der Waals surface area contributed by atoms with Crippen molar-refractivity contribution in [2.24, 2.45) is 0 Å². The van der Waals surface area contributed by atoms with Crippen molar-refractivity contribution in [3.63, 3.8) is 0 Å². The predicted octanol–water partition coefficient (Wildman–Crippen LogP) is 2.73. The Morgan fingerprint density at radius 3 is 2.81 bits per heavy atom. The minimum absolute atomic E-state index is 0.163. The number of aliphatic hydroxyl groups excluding tert-OH is 1. The molecule has 1 aromatic rings. The third kappa shape index (κ3) is 4.11. The molecule has 0 aromatic heterocycles. The summed E-state index contributed by atoms with van der Waals surface area (Å²) in [5.74, 6) is 0.838. The standard InChI is InChI=1S/C17H28N2O2/c1-14(2)19-10-5-8-17(13-20,9-11-19)18-15-6-4-7-16(12-15)21-3/h4,6-7,12,14,18,20H,5,8-11,13H2,1-3H3. The summed E-state index contributed by atoms with van der Waals surface area (Å²) < 4.78 is 5.27. The quantitative estimate of drug-likeness (QED) is 0.876. The second-order valence-electron chi connectivity index (χ2n) is 6.28. The average Bonchev–Trinajstić information content (AvgIpc) is 2.71. The van der Waals surface area contributed by atoms with Gasteiger partial charge in [-0.2, -0.15) is 0 Å². The highest BCUT2D eigenvalue weighted by molar-refractivity contribution is 5.50. The summed E-state index contributed by atoms with van der Waals surface area (Å²) in [4.78, 5) is 2.49. The molecule has 0 bridgehead atoms. The van der Waals surface area contributed by atoms with Crippen LogP contribution in [-0.2, 0) is 0 Å². The van der Waals surface area contributed by atoms with E-state index >= 15 is 0 Å². The Morgan fingerprint density at radius 1 is 1.33 bits per heavy atom. The van der Waals surface area contributed by atoms with Crippen LogP contribution in [0.2, 0.25) is 0 Å². The van der Waals surface area contributed by atoms with Gasteiger partial charge in [0.2, 0.25) is 0 Å². The first-order valence-electron chi connectivity index (χ1n) is 7.86. The van der Waals surface area contributed by atoms with Gasteiger partial charge in [-0.3, -0.25) is 0 Å². The van der Waals surface area contributed by atoms with Crippen molar-refractivity contribution in [1.82, 2.24) is 4.90 Å². The lowest BCUT2D eigenvalue weighted by Gasteiger charge is -2.33. The summed E-state index contributed by atoms with van der Waals surface area (Å²) in [7, 11) is 1.67. The van der Waals surface area contributed by atoms with Gasteiger partial charge in [-0.05, 0) is 51.8 Å². The van der Waals surface area contributed by atoms with Crippen LogP contribution in [0.15, 0.2) is 24.3 Å². The summed E-state index contributed by atoms with van der Waals surface area (Å²) in [5, 5.41) is 13.5. The minimum Gasteiger partial charge on any atom is -0.497 e. The van der Waals surface area contributed by atoms with Crippen LogP contribution in [0.1, 0.15) is 33.1 Å². The monoisotopic (exact) mass is 292 g/mol. The van der Waals surface area contributed by atoms with E-state index in [4.69, 9.17) is 4.74 Å². The van der Waals surface area contributed by atoms with Gasteiger partial charge < -0.3 is 20.1 Å². The summed E-state index contributed by atoms with van der Waals surface area (Å²) in [6.07, 6.45) is 3.05. The van der Waals surface area contributed by atoms with Crippen molar-refractivity contribution >= 4 is 5.69 Å². The topological polar surface area (TPSA) is 44.7 Å². The number of nitrogens with zero attached hydrogens (tertiary/aromatic N) is 1. The molecule has 1 aromatic carbocycles. The number of benzene rings is 1. The number of hydrogen-bond donors (Lipinski definition) is 2. The van der Waals surface area contributed by atoms with E-state index in [1.807, 2.05) is 24.3 Å². The van der Waals surface area contributed by atoms with E-state index in [0.717, 1.165) is 43.8 Å². The van der Waals surface area contributed by atoms with Gasteiger partial charge in [-0.15, -0.1) is 0 Å². The highest BCUT2D eigenvalue weighted by Crippen LogP contribution is 2.29. The van der Waals surface area contributed by atoms with Crippen molar-refractivity contribution in [2.45, 2.75) is 44.7 Å². The van der Waals surface area contributed by atoms with Crippen LogP contribution in [0.5, 0.6) is 5.75 Å². The van der Waals surface area contributed by atoms with E-state index in [0.29, 0.717) is 6.04 Å². The molecule has 1 fully saturated rings. The molecule has 1 aliphatic heterocycles. The summed E-state index contributed by atoms with van der Waals surface area (Å²) in [6.45, 7) is 6.77. The van der Waals surface area contributed by atoms with Gasteiger partial charge in [0.1, 0.15) is 5.75 Å². The van der Waals surface area contributed by atoms with Crippen LogP contribution in [0.25, 0.3) is 0 Å². The first-order chi connectivity index (χ1) is 10.1. The molecule has 1 atom stereocenters. The zero-order valence-electron chi connectivity index (χ0n) is 13.4. The molecule has 0 amide bonds. The fourth-order valence-electron chi connectivity index (χ4n) is 3.06. The highest BCUT2D eigenvalue weighted by Gasteiger charge is 2.32. The van der Waals surface area contributed by atoms with E-state index in [1.54, 1.807) is 7.11 Å². The van der Waals surface area contributed by atoms with Crippen molar-refractivity contribution in [3.8, 4) is 5.75 Å². The first-order valence-corrected chi connectivity index (χ1v) is 7.86. The van der Waals surface area contributed by atoms with Crippen LogP contribution in [0.3, 0.4) is 0 Å². The van der Waals surface area contributed by atoms with Crippen LogP contribution in [-0.4, -0.2) is 48.4 Å². The molecule has 1 saturated heterocycles. The minimum atomic E-state index is -0.226. The fourth-order valence-corrected chi connectivity index (χ4v) is 3.06. The number of methoxy groups -OCH3 is 1. The lowest BCUT2D eigenvalue weighted by atomic mass is 9.91. The van der Waals surface area contributed by atoms with Crippen molar-refractivity contribution in [2.75, 3.05) is 32.1 Å². The average molecular weight is 292 g/mol. The zero-order valence-corrected chi connectivity index (χ0v) is 13.4. The lowest BCUT2D eigenvalue weighted by Crippen LogP contribution is -2.43. The third-order valence-corrected chi connectivity index (χ3v) is 4.49. The number of anilines is 1. The molecular weight excluding hydrogens is 264 g/mol. The molecule has 118 valence electrons. The SMILES string of the molecule is COc1cccc(NC2(CO)CCCN(C(C)C)CC2)c1. The molecule has 0 saturated carbocycles. The summed E-state index contributed by atoms with van der Waals surface area (Å²) in [6, 6.07) is 8.50. The Kier molecular flexibility index (Phi) is 5.48. The number of nitrogens with one attached hydrogen (secondary N) is 1. The van der Waals surface area contributed by atoms with Gasteiger partial charge in [0.05, 0.1) is 19.3 Å². The predicted molar refractivity (Wildman–Crippen MR) is 87.0 cm³/mol. The number of aliphatic hydroxyl groups is 1. The highest BCUT2D eigenvalue weighted by atomic mass is 16.5. The van der Waals surface area contributed by atoms with Crippen LogP contribution in [0.4, 0.5) is 5.69 Å². The number of likely N-dealkylation sites (tertiary alicyclic amines) is 1. The number of rotatable bonds is 5. The maximum atomic E-state index is 9.97. The van der Waals surface area contributed by atoms with Crippen molar-refractivity contribution in [3.05, 3.63) is 24.3 Å². The second kappa shape index (κ2) is 7.14. The Hall–Kier alpha value is -1.26. The van der Waals surface area contributed by atoms with E-state index in [9.17, 15) is 5.11 Å². The number of ether oxygens (including phenoxy) is 1. The van der Waals surface area contributed by atoms with Gasteiger partial charge >= 0.3 is 0 Å². The Labute approximate surface area is 128 Å². The molecule has 4 nitrogen and oxygen atoms in total. The normalized spacial score (nSPS) is 23.9. The maximum absolute atomic E-state index is 9.97. The van der Waals surface area contributed by atoms with Gasteiger partial charge in [-0.25, -0.2) is 0 Å². The molecule has 1 aliphatic rings. The molecule has 2 rings (SSSR count). The molecule has 0 radical (unpaired) electrons. The van der Waals surface area contributed by atoms with E-state index in [-0.39, 0.29) is 12.1 Å². The van der Waals surface area contributed by atoms with E-state index in [2.05, 4.69) is 24.1 Å². The second-order valence-corrected chi connectivity index (χ2v) is 6.28. The molecule has 1 unspecified atom stereocenters. The molecule has 0 aliphatic carbocycles. The van der Waals surface area contributed by atoms with Gasteiger partial charge in [0.15, 0.2) is 0 Å².